The van der Waals surface area contributed by atoms with Crippen LogP contribution in [0.3, 0.4) is 0 Å². The Labute approximate surface area is 211 Å². The Balaban J connectivity index is 1.95. The second-order valence-electron chi connectivity index (χ2n) is 8.50. The number of carbonyl (C=O) groups is 2. The maximum Gasteiger partial charge on any atom is 0.416 e. The molecule has 2 aliphatic rings. The number of alkyl halides is 3. The van der Waals surface area contributed by atoms with Crippen molar-refractivity contribution < 1.29 is 27.5 Å². The van der Waals surface area contributed by atoms with Crippen LogP contribution in [0.15, 0.2) is 59.8 Å². The molecule has 2 aromatic rings. The zero-order chi connectivity index (χ0) is 26.2. The Morgan fingerprint density at radius 3 is 2.39 bits per heavy atom. The van der Waals surface area contributed by atoms with Crippen molar-refractivity contribution in [3.8, 4) is 6.07 Å². The predicted molar refractivity (Wildman–Crippen MR) is 129 cm³/mol. The number of allylic oxidation sites excluding steroid dienone is 1. The van der Waals surface area contributed by atoms with E-state index in [1.165, 1.54) is 21.9 Å². The standard InChI is InChI=1S/C26H22F3N3O3S/c1-3-35-24(34)21-15(2)31(20-6-4-5-19(13-20)26(27,28)29)25(36)32(23(33)18-11-12-18)22(21)17-9-7-16(14-30)8-10-17/h4-10,13,18,22H,3,11-12H2,1-2H3. The molecule has 1 saturated carbocycles. The summed E-state index contributed by atoms with van der Waals surface area (Å²) in [7, 11) is 0. The Hall–Kier alpha value is -3.71. The Morgan fingerprint density at radius 1 is 1.17 bits per heavy atom. The van der Waals surface area contributed by atoms with Crippen LogP contribution in [-0.4, -0.2) is 28.5 Å². The number of hydrogen-bond acceptors (Lipinski definition) is 5. The van der Waals surface area contributed by atoms with Crippen molar-refractivity contribution in [3.63, 3.8) is 0 Å². The van der Waals surface area contributed by atoms with E-state index < -0.39 is 23.8 Å². The molecule has 0 N–H and O–H groups in total. The fourth-order valence-corrected chi connectivity index (χ4v) is 4.64. The summed E-state index contributed by atoms with van der Waals surface area (Å²) in [6.45, 7) is 3.25. The quantitative estimate of drug-likeness (QED) is 0.388. The van der Waals surface area contributed by atoms with Gasteiger partial charge in [0.1, 0.15) is 0 Å². The molecule has 1 aliphatic carbocycles. The number of nitriles is 1. The van der Waals surface area contributed by atoms with Crippen LogP contribution in [0.5, 0.6) is 0 Å². The molecule has 1 aliphatic heterocycles. The van der Waals surface area contributed by atoms with Crippen LogP contribution in [0.1, 0.15) is 49.4 Å². The Bertz CT molecular complexity index is 1290. The van der Waals surface area contributed by atoms with Crippen LogP contribution in [0, 0.1) is 17.2 Å². The van der Waals surface area contributed by atoms with Crippen molar-refractivity contribution in [1.82, 2.24) is 4.90 Å². The van der Waals surface area contributed by atoms with Gasteiger partial charge >= 0.3 is 12.1 Å². The van der Waals surface area contributed by atoms with Gasteiger partial charge in [-0.05, 0) is 74.8 Å². The summed E-state index contributed by atoms with van der Waals surface area (Å²) < 4.78 is 45.7. The Morgan fingerprint density at radius 2 is 1.83 bits per heavy atom. The van der Waals surface area contributed by atoms with E-state index in [0.717, 1.165) is 12.1 Å². The lowest BCUT2D eigenvalue weighted by atomic mass is 9.92. The molecule has 1 unspecified atom stereocenters. The lowest BCUT2D eigenvalue weighted by Crippen LogP contribution is -2.53. The minimum atomic E-state index is -4.59. The van der Waals surface area contributed by atoms with E-state index in [4.69, 9.17) is 17.0 Å². The average Bonchev–Trinajstić information content (AvgIpc) is 3.69. The number of benzene rings is 2. The molecule has 1 amide bonds. The summed E-state index contributed by atoms with van der Waals surface area (Å²) in [4.78, 5) is 29.4. The number of anilines is 1. The largest absolute Gasteiger partial charge is 0.463 e. The average molecular weight is 514 g/mol. The van der Waals surface area contributed by atoms with Crippen LogP contribution in [0.2, 0.25) is 0 Å². The van der Waals surface area contributed by atoms with Gasteiger partial charge in [-0.2, -0.15) is 18.4 Å². The van der Waals surface area contributed by atoms with Gasteiger partial charge in [-0.3, -0.25) is 14.6 Å². The third-order valence-electron chi connectivity index (χ3n) is 6.10. The summed E-state index contributed by atoms with van der Waals surface area (Å²) in [5, 5.41) is 9.15. The smallest absolute Gasteiger partial charge is 0.416 e. The molecule has 6 nitrogen and oxygen atoms in total. The van der Waals surface area contributed by atoms with Gasteiger partial charge in [-0.15, -0.1) is 0 Å². The monoisotopic (exact) mass is 513 g/mol. The highest BCUT2D eigenvalue weighted by molar-refractivity contribution is 7.80. The second kappa shape index (κ2) is 9.74. The van der Waals surface area contributed by atoms with Gasteiger partial charge in [0, 0.05) is 17.3 Å². The molecule has 10 heteroatoms. The van der Waals surface area contributed by atoms with Crippen molar-refractivity contribution in [2.45, 2.75) is 38.9 Å². The number of rotatable bonds is 5. The highest BCUT2D eigenvalue weighted by Gasteiger charge is 2.47. The Kier molecular flexibility index (Phi) is 6.87. The highest BCUT2D eigenvalue weighted by Crippen LogP contribution is 2.44. The lowest BCUT2D eigenvalue weighted by Gasteiger charge is -2.44. The van der Waals surface area contributed by atoms with Gasteiger partial charge in [0.2, 0.25) is 5.91 Å². The van der Waals surface area contributed by atoms with Gasteiger partial charge in [0.25, 0.3) is 0 Å². The van der Waals surface area contributed by atoms with Crippen LogP contribution in [-0.2, 0) is 20.5 Å². The molecule has 1 fully saturated rings. The summed E-state index contributed by atoms with van der Waals surface area (Å²) in [6.07, 6.45) is -3.29. The molecule has 186 valence electrons. The fraction of sp³-hybridized carbons (Fsp3) is 0.308. The van der Waals surface area contributed by atoms with Gasteiger partial charge in [0.05, 0.1) is 35.4 Å². The highest BCUT2D eigenvalue weighted by atomic mass is 32.1. The molecule has 36 heavy (non-hydrogen) atoms. The number of amides is 1. The summed E-state index contributed by atoms with van der Waals surface area (Å²) in [6, 6.07) is 12.0. The van der Waals surface area contributed by atoms with E-state index in [-0.39, 0.29) is 40.5 Å². The lowest BCUT2D eigenvalue weighted by molar-refractivity contribution is -0.140. The number of hydrogen-bond donors (Lipinski definition) is 0. The van der Waals surface area contributed by atoms with Gasteiger partial charge < -0.3 is 4.74 Å². The van der Waals surface area contributed by atoms with E-state index >= 15 is 0 Å². The van der Waals surface area contributed by atoms with E-state index in [0.29, 0.717) is 24.0 Å². The topological polar surface area (TPSA) is 73.6 Å². The summed E-state index contributed by atoms with van der Waals surface area (Å²) in [5.74, 6) is -1.33. The van der Waals surface area contributed by atoms with Gasteiger partial charge in [0.15, 0.2) is 5.11 Å². The fourth-order valence-electron chi connectivity index (χ4n) is 4.21. The number of carbonyl (C=O) groups excluding carboxylic acids is 2. The molecule has 4 rings (SSSR count). The van der Waals surface area contributed by atoms with Crippen molar-refractivity contribution in [2.24, 2.45) is 5.92 Å². The number of nitrogens with zero attached hydrogens (tertiary/aromatic N) is 3. The second-order valence-corrected chi connectivity index (χ2v) is 8.87. The molecule has 0 aromatic heterocycles. The van der Waals surface area contributed by atoms with Gasteiger partial charge in [-0.25, -0.2) is 4.79 Å². The van der Waals surface area contributed by atoms with Gasteiger partial charge in [-0.1, -0.05) is 18.2 Å². The molecule has 1 atom stereocenters. The summed E-state index contributed by atoms with van der Waals surface area (Å²) >= 11 is 5.71. The SMILES string of the molecule is CCOC(=O)C1=C(C)N(c2cccc(C(F)(F)F)c2)C(=S)N(C(=O)C2CC2)C1c1ccc(C#N)cc1. The molecule has 1 heterocycles. The normalized spacial score (nSPS) is 18.2. The van der Waals surface area contributed by atoms with E-state index in [1.807, 2.05) is 6.07 Å². The summed E-state index contributed by atoms with van der Waals surface area (Å²) in [5.41, 5.74) is 0.440. The van der Waals surface area contributed by atoms with Crippen LogP contribution in [0.4, 0.5) is 18.9 Å². The van der Waals surface area contributed by atoms with E-state index in [1.54, 1.807) is 38.1 Å². The molecule has 2 aromatic carbocycles. The van der Waals surface area contributed by atoms with Crippen LogP contribution < -0.4 is 4.90 Å². The number of thiocarbonyl (C=S) groups is 1. The maximum absolute atomic E-state index is 13.5. The molecule has 0 spiro atoms. The first-order valence-corrected chi connectivity index (χ1v) is 11.7. The first kappa shape index (κ1) is 25.4. The molecular weight excluding hydrogens is 491 g/mol. The predicted octanol–water partition coefficient (Wildman–Crippen LogP) is 5.50. The zero-order valence-corrected chi connectivity index (χ0v) is 20.3. The van der Waals surface area contributed by atoms with Crippen LogP contribution in [0.25, 0.3) is 0 Å². The minimum Gasteiger partial charge on any atom is -0.463 e. The molecule has 0 radical (unpaired) electrons. The minimum absolute atomic E-state index is 0.0360. The van der Waals surface area contributed by atoms with Crippen molar-refractivity contribution >= 4 is 34.9 Å². The first-order chi connectivity index (χ1) is 17.1. The first-order valence-electron chi connectivity index (χ1n) is 11.3. The number of halogens is 3. The van der Waals surface area contributed by atoms with Crippen molar-refractivity contribution in [2.75, 3.05) is 11.5 Å². The maximum atomic E-state index is 13.5. The third kappa shape index (κ3) is 4.71. The van der Waals surface area contributed by atoms with E-state index in [9.17, 15) is 28.0 Å². The molecular formula is C26H22F3N3O3S. The number of ether oxygens (including phenoxy) is 1. The molecule has 0 bridgehead atoms. The zero-order valence-electron chi connectivity index (χ0n) is 19.5. The van der Waals surface area contributed by atoms with E-state index in [2.05, 4.69) is 0 Å². The van der Waals surface area contributed by atoms with Crippen LogP contribution >= 0.6 is 12.2 Å². The van der Waals surface area contributed by atoms with Crippen molar-refractivity contribution in [3.05, 3.63) is 76.5 Å². The number of esters is 1. The molecule has 0 saturated heterocycles. The third-order valence-corrected chi connectivity index (χ3v) is 6.48. The van der Waals surface area contributed by atoms with Crippen molar-refractivity contribution in [1.29, 1.82) is 5.26 Å².